The molecule has 2 aromatic carbocycles. The lowest BCUT2D eigenvalue weighted by Gasteiger charge is -2.57. The van der Waals surface area contributed by atoms with Crippen molar-refractivity contribution in [3.8, 4) is 0 Å². The number of carbonyl (C=O) groups is 5. The molecule has 2 saturated heterocycles. The second-order valence-corrected chi connectivity index (χ2v) is 15.6. The number of oxime groups is 1. The van der Waals surface area contributed by atoms with Crippen molar-refractivity contribution in [2.45, 2.75) is 60.6 Å². The fraction of sp³-hybridized carbons (Fsp3) is 0.361. The molecule has 3 heterocycles. The topological polar surface area (TPSA) is 177 Å². The molecule has 3 unspecified atom stereocenters. The number of nitrogens with zero attached hydrogens (tertiary/aromatic N) is 3. The zero-order chi connectivity index (χ0) is 36.8. The molecule has 3 N–H and O–H groups in total. The summed E-state index contributed by atoms with van der Waals surface area (Å²) in [5, 5.41) is 18.8. The summed E-state index contributed by atoms with van der Waals surface area (Å²) in [4.78, 5) is 75.2. The number of carbonyl (C=O) groups excluding carboxylic acids is 4. The fourth-order valence-electron chi connectivity index (χ4n) is 6.07. The Bertz CT molecular complexity index is 1750. The number of carboxylic acid groups (broad SMARTS) is 1. The Hall–Kier alpha value is -4.89. The van der Waals surface area contributed by atoms with Gasteiger partial charge in [0.25, 0.3) is 5.91 Å². The number of rotatable bonds is 14. The number of carboxylic acids is 1. The predicted molar refractivity (Wildman–Crippen MR) is 194 cm³/mol. The zero-order valence-electron chi connectivity index (χ0n) is 28.5. The Morgan fingerprint density at radius 3 is 2.29 bits per heavy atom. The summed E-state index contributed by atoms with van der Waals surface area (Å²) in [7, 11) is 0. The van der Waals surface area contributed by atoms with Crippen molar-refractivity contribution in [3.63, 3.8) is 0 Å². The van der Waals surface area contributed by atoms with E-state index >= 15 is 0 Å². The van der Waals surface area contributed by atoms with E-state index in [0.29, 0.717) is 12.2 Å². The lowest BCUT2D eigenvalue weighted by Crippen LogP contribution is -2.76. The van der Waals surface area contributed by atoms with E-state index in [1.165, 1.54) is 46.6 Å². The third-order valence-corrected chi connectivity index (χ3v) is 11.4. The molecular weight excluding hydrogens is 695 g/mol. The first kappa shape index (κ1) is 37.4. The molecule has 268 valence electrons. The maximum atomic E-state index is 13.9. The zero-order valence-corrected chi connectivity index (χ0v) is 30.1. The number of ether oxygens (including phenoxy) is 1. The van der Waals surface area contributed by atoms with E-state index in [1.54, 1.807) is 20.8 Å². The van der Waals surface area contributed by atoms with Crippen molar-refractivity contribution in [2.75, 3.05) is 24.2 Å². The van der Waals surface area contributed by atoms with Crippen molar-refractivity contribution in [1.82, 2.24) is 15.2 Å². The first-order chi connectivity index (χ1) is 24.4. The van der Waals surface area contributed by atoms with E-state index < -0.39 is 57.4 Å². The molecule has 2 fully saturated rings. The van der Waals surface area contributed by atoms with Gasteiger partial charge in [0.2, 0.25) is 18.9 Å². The second-order valence-electron chi connectivity index (χ2n) is 12.8. The van der Waals surface area contributed by atoms with E-state index in [0.717, 1.165) is 11.1 Å². The molecule has 0 aliphatic carbocycles. The minimum atomic E-state index is -1.37. The molecule has 13 nitrogen and oxygen atoms in total. The summed E-state index contributed by atoms with van der Waals surface area (Å²) >= 11 is 2.64. The Labute approximate surface area is 303 Å². The molecule has 3 aromatic rings. The van der Waals surface area contributed by atoms with Crippen molar-refractivity contribution in [2.24, 2.45) is 5.16 Å². The molecule has 2 aliphatic heterocycles. The van der Waals surface area contributed by atoms with Gasteiger partial charge in [0.15, 0.2) is 5.71 Å². The van der Waals surface area contributed by atoms with Crippen LogP contribution in [0.2, 0.25) is 0 Å². The van der Waals surface area contributed by atoms with Crippen LogP contribution < -0.4 is 10.6 Å². The quantitative estimate of drug-likeness (QED) is 0.0721. The van der Waals surface area contributed by atoms with Crippen LogP contribution in [0.3, 0.4) is 0 Å². The molecule has 1 aromatic heterocycles. The first-order valence-corrected chi connectivity index (χ1v) is 18.1. The summed E-state index contributed by atoms with van der Waals surface area (Å²) in [6.45, 7) is 6.30. The number of amides is 3. The Kier molecular flexibility index (Phi) is 11.7. The number of hydrogen-bond acceptors (Lipinski definition) is 11. The third kappa shape index (κ3) is 8.37. The SMILES string of the molecule is CCSC1(C(=O)O)CN2C(=O)C(NC(=O)C(=NOCC(=O)OC(C)(C)C)c3cccc(NC=O)n3)[C@H]2SC1C(c1ccccc1)c1ccccc1. The number of aliphatic carboxylic acids is 1. The Morgan fingerprint density at radius 1 is 1.08 bits per heavy atom. The maximum Gasteiger partial charge on any atom is 0.347 e. The molecule has 0 bridgehead atoms. The molecule has 15 heteroatoms. The number of fused-ring (bicyclic) bond motifs is 1. The van der Waals surface area contributed by atoms with Gasteiger partial charge >= 0.3 is 11.9 Å². The smallest absolute Gasteiger partial charge is 0.347 e. The van der Waals surface area contributed by atoms with Crippen molar-refractivity contribution >= 4 is 65.2 Å². The normalized spacial score (nSPS) is 21.6. The standard InChI is InChI=1S/C36H39N5O8S2/c1-5-50-36(34(46)47)20-41-32(45)29(33(41)51-30(36)27(22-13-8-6-9-14-22)23-15-10-7-11-16-23)39-31(44)28(24-17-12-18-25(38-24)37-21-42)40-48-19-26(43)49-35(2,3)4/h6-18,21,27,29-30,33H,5,19-20H2,1-4H3,(H,39,44)(H,46,47)(H,37,38,42)/t29?,30?,33-,36?/m1/s1. The van der Waals surface area contributed by atoms with Crippen LogP contribution in [0.15, 0.2) is 84.0 Å². The third-order valence-electron chi connectivity index (χ3n) is 8.13. The number of aromatic nitrogens is 1. The van der Waals surface area contributed by atoms with Crippen LogP contribution >= 0.6 is 23.5 Å². The van der Waals surface area contributed by atoms with Gasteiger partial charge in [-0.3, -0.25) is 19.2 Å². The van der Waals surface area contributed by atoms with Crippen LogP contribution in [-0.4, -0.2) is 96.8 Å². The summed E-state index contributed by atoms with van der Waals surface area (Å²) in [6.07, 6.45) is 0.423. The summed E-state index contributed by atoms with van der Waals surface area (Å²) in [5.74, 6) is -2.75. The molecule has 3 amide bonds. The number of pyridine rings is 1. The fourth-order valence-corrected chi connectivity index (χ4v) is 9.44. The van der Waals surface area contributed by atoms with Crippen molar-refractivity contribution < 1.29 is 38.7 Å². The van der Waals surface area contributed by atoms with E-state index in [1.807, 2.05) is 67.6 Å². The van der Waals surface area contributed by atoms with Gasteiger partial charge < -0.3 is 30.2 Å². The molecule has 51 heavy (non-hydrogen) atoms. The highest BCUT2D eigenvalue weighted by Crippen LogP contribution is 2.54. The summed E-state index contributed by atoms with van der Waals surface area (Å²) in [6, 6.07) is 22.8. The summed E-state index contributed by atoms with van der Waals surface area (Å²) < 4.78 is 3.88. The number of esters is 1. The van der Waals surface area contributed by atoms with Crippen LogP contribution in [0.4, 0.5) is 5.82 Å². The highest BCUT2D eigenvalue weighted by Gasteiger charge is 2.63. The molecular formula is C36H39N5O8S2. The van der Waals surface area contributed by atoms with Gasteiger partial charge in [-0.15, -0.1) is 23.5 Å². The molecule has 0 spiro atoms. The van der Waals surface area contributed by atoms with Crippen LogP contribution in [0, 0.1) is 0 Å². The lowest BCUT2D eigenvalue weighted by atomic mass is 9.81. The number of β-lactam (4-membered cyclic amide) rings is 1. The van der Waals surface area contributed by atoms with E-state index in [4.69, 9.17) is 9.57 Å². The molecule has 4 atom stereocenters. The molecule has 2 aliphatic rings. The monoisotopic (exact) mass is 733 g/mol. The first-order valence-electron chi connectivity index (χ1n) is 16.2. The summed E-state index contributed by atoms with van der Waals surface area (Å²) in [5.41, 5.74) is 0.716. The van der Waals surface area contributed by atoms with E-state index in [-0.39, 0.29) is 29.7 Å². The van der Waals surface area contributed by atoms with Gasteiger partial charge in [-0.2, -0.15) is 0 Å². The highest BCUT2D eigenvalue weighted by atomic mass is 32.2. The van der Waals surface area contributed by atoms with Crippen LogP contribution in [0.25, 0.3) is 0 Å². The van der Waals surface area contributed by atoms with Crippen LogP contribution in [-0.2, 0) is 33.5 Å². The maximum absolute atomic E-state index is 13.9. The largest absolute Gasteiger partial charge is 0.480 e. The number of hydrogen-bond donors (Lipinski definition) is 3. The van der Waals surface area contributed by atoms with Gasteiger partial charge in [0.1, 0.15) is 33.3 Å². The highest BCUT2D eigenvalue weighted by molar-refractivity contribution is 8.05. The number of nitrogens with one attached hydrogen (secondary N) is 2. The second kappa shape index (κ2) is 16.0. The average molecular weight is 734 g/mol. The number of thioether (sulfide) groups is 2. The van der Waals surface area contributed by atoms with Gasteiger partial charge in [0, 0.05) is 17.7 Å². The van der Waals surface area contributed by atoms with Gasteiger partial charge in [0.05, 0.1) is 0 Å². The van der Waals surface area contributed by atoms with Gasteiger partial charge in [-0.1, -0.05) is 78.8 Å². The van der Waals surface area contributed by atoms with Gasteiger partial charge in [-0.25, -0.2) is 9.78 Å². The van der Waals surface area contributed by atoms with E-state index in [2.05, 4.69) is 20.8 Å². The Balaban J connectivity index is 1.47. The minimum absolute atomic E-state index is 0.00111. The van der Waals surface area contributed by atoms with Crippen LogP contribution in [0.5, 0.6) is 0 Å². The lowest BCUT2D eigenvalue weighted by molar-refractivity contribution is -0.160. The van der Waals surface area contributed by atoms with Crippen molar-refractivity contribution in [1.29, 1.82) is 0 Å². The average Bonchev–Trinajstić information content (AvgIpc) is 3.10. The van der Waals surface area contributed by atoms with Gasteiger partial charge in [-0.05, 0) is 49.8 Å². The Morgan fingerprint density at radius 2 is 1.73 bits per heavy atom. The minimum Gasteiger partial charge on any atom is -0.480 e. The molecule has 0 radical (unpaired) electrons. The van der Waals surface area contributed by atoms with E-state index in [9.17, 15) is 29.1 Å². The number of benzene rings is 2. The van der Waals surface area contributed by atoms with Crippen LogP contribution in [0.1, 0.15) is 50.4 Å². The predicted octanol–water partition coefficient (Wildman–Crippen LogP) is 3.89. The molecule has 0 saturated carbocycles. The van der Waals surface area contributed by atoms with Crippen molar-refractivity contribution in [3.05, 3.63) is 95.7 Å². The number of anilines is 1. The molecule has 5 rings (SSSR count).